The van der Waals surface area contributed by atoms with Gasteiger partial charge in [-0.2, -0.15) is 0 Å². The topological polar surface area (TPSA) is 50.4 Å². The zero-order valence-electron chi connectivity index (χ0n) is 10.3. The third-order valence-corrected chi connectivity index (χ3v) is 3.32. The Balaban J connectivity index is 2.08. The number of hydrogen-bond donors (Lipinski definition) is 2. The summed E-state index contributed by atoms with van der Waals surface area (Å²) >= 11 is 5.87. The van der Waals surface area contributed by atoms with E-state index in [4.69, 9.17) is 16.3 Å². The SMILES string of the molecule is COc1cc(Cl)ccc1C(=O)NC1CCNCC1. The molecule has 1 amide bonds. The van der Waals surface area contributed by atoms with E-state index in [1.165, 1.54) is 7.11 Å². The first kappa shape index (κ1) is 13.2. The molecule has 1 aliphatic heterocycles. The number of nitrogens with one attached hydrogen (secondary N) is 2. The van der Waals surface area contributed by atoms with Gasteiger partial charge < -0.3 is 15.4 Å². The van der Waals surface area contributed by atoms with E-state index in [1.807, 2.05) is 0 Å². The van der Waals surface area contributed by atoms with Gasteiger partial charge in [0.05, 0.1) is 12.7 Å². The van der Waals surface area contributed by atoms with Crippen LogP contribution < -0.4 is 15.4 Å². The first-order valence-electron chi connectivity index (χ1n) is 6.06. The van der Waals surface area contributed by atoms with Crippen molar-refractivity contribution in [2.24, 2.45) is 0 Å². The largest absolute Gasteiger partial charge is 0.496 e. The average molecular weight is 269 g/mol. The summed E-state index contributed by atoms with van der Waals surface area (Å²) in [5.41, 5.74) is 0.528. The van der Waals surface area contributed by atoms with E-state index in [2.05, 4.69) is 10.6 Å². The fraction of sp³-hybridized carbons (Fsp3) is 0.462. The summed E-state index contributed by atoms with van der Waals surface area (Å²) in [6.07, 6.45) is 1.92. The number of methoxy groups -OCH3 is 1. The summed E-state index contributed by atoms with van der Waals surface area (Å²) in [5, 5.41) is 6.85. The Hall–Kier alpha value is -1.26. The van der Waals surface area contributed by atoms with Crippen molar-refractivity contribution in [1.82, 2.24) is 10.6 Å². The van der Waals surface area contributed by atoms with Crippen molar-refractivity contribution in [3.8, 4) is 5.75 Å². The molecular weight excluding hydrogens is 252 g/mol. The van der Waals surface area contributed by atoms with Crippen molar-refractivity contribution in [2.45, 2.75) is 18.9 Å². The Morgan fingerprint density at radius 1 is 1.44 bits per heavy atom. The summed E-state index contributed by atoms with van der Waals surface area (Å²) in [7, 11) is 1.53. The molecule has 0 aromatic heterocycles. The van der Waals surface area contributed by atoms with Gasteiger partial charge in [0.15, 0.2) is 0 Å². The summed E-state index contributed by atoms with van der Waals surface area (Å²) in [5.74, 6) is 0.407. The highest BCUT2D eigenvalue weighted by Gasteiger charge is 2.18. The van der Waals surface area contributed by atoms with Crippen LogP contribution in [0.1, 0.15) is 23.2 Å². The highest BCUT2D eigenvalue weighted by atomic mass is 35.5. The number of benzene rings is 1. The van der Waals surface area contributed by atoms with Crippen molar-refractivity contribution in [3.05, 3.63) is 28.8 Å². The van der Waals surface area contributed by atoms with Crippen LogP contribution in [0.3, 0.4) is 0 Å². The lowest BCUT2D eigenvalue weighted by Gasteiger charge is -2.24. The van der Waals surface area contributed by atoms with E-state index < -0.39 is 0 Å². The van der Waals surface area contributed by atoms with Crippen molar-refractivity contribution in [2.75, 3.05) is 20.2 Å². The molecule has 0 unspecified atom stereocenters. The lowest BCUT2D eigenvalue weighted by atomic mass is 10.1. The standard InChI is InChI=1S/C13H17ClN2O2/c1-18-12-8-9(14)2-3-11(12)13(17)16-10-4-6-15-7-5-10/h2-3,8,10,15H,4-7H2,1H3,(H,16,17). The predicted molar refractivity (Wildman–Crippen MR) is 71.4 cm³/mol. The molecule has 4 nitrogen and oxygen atoms in total. The van der Waals surface area contributed by atoms with Gasteiger partial charge in [-0.05, 0) is 44.1 Å². The maximum Gasteiger partial charge on any atom is 0.255 e. The van der Waals surface area contributed by atoms with Crippen molar-refractivity contribution >= 4 is 17.5 Å². The lowest BCUT2D eigenvalue weighted by molar-refractivity contribution is 0.0926. The maximum absolute atomic E-state index is 12.1. The van der Waals surface area contributed by atoms with Gasteiger partial charge in [-0.3, -0.25) is 4.79 Å². The van der Waals surface area contributed by atoms with Crippen molar-refractivity contribution < 1.29 is 9.53 Å². The van der Waals surface area contributed by atoms with Crippen LogP contribution in [0.2, 0.25) is 5.02 Å². The molecule has 1 saturated heterocycles. The van der Waals surface area contributed by atoms with E-state index in [1.54, 1.807) is 18.2 Å². The zero-order chi connectivity index (χ0) is 13.0. The van der Waals surface area contributed by atoms with Gasteiger partial charge in [0, 0.05) is 11.1 Å². The van der Waals surface area contributed by atoms with E-state index >= 15 is 0 Å². The number of piperidine rings is 1. The van der Waals surface area contributed by atoms with Gasteiger partial charge in [-0.1, -0.05) is 11.6 Å². The third kappa shape index (κ3) is 3.15. The minimum Gasteiger partial charge on any atom is -0.496 e. The zero-order valence-corrected chi connectivity index (χ0v) is 11.1. The molecule has 5 heteroatoms. The van der Waals surface area contributed by atoms with E-state index in [-0.39, 0.29) is 11.9 Å². The fourth-order valence-electron chi connectivity index (χ4n) is 2.08. The Kier molecular flexibility index (Phi) is 4.44. The number of carbonyl (C=O) groups excluding carboxylic acids is 1. The molecular formula is C13H17ClN2O2. The first-order chi connectivity index (χ1) is 8.70. The number of ether oxygens (including phenoxy) is 1. The molecule has 1 fully saturated rings. The molecule has 2 rings (SSSR count). The van der Waals surface area contributed by atoms with Crippen LogP contribution in [-0.2, 0) is 0 Å². The van der Waals surface area contributed by atoms with Crippen LogP contribution in [0.25, 0.3) is 0 Å². The molecule has 2 N–H and O–H groups in total. The first-order valence-corrected chi connectivity index (χ1v) is 6.43. The van der Waals surface area contributed by atoms with Crippen LogP contribution in [0, 0.1) is 0 Å². The number of hydrogen-bond acceptors (Lipinski definition) is 3. The van der Waals surface area contributed by atoms with E-state index in [0.29, 0.717) is 16.3 Å². The number of rotatable bonds is 3. The summed E-state index contributed by atoms with van der Waals surface area (Å²) in [4.78, 5) is 12.1. The molecule has 0 aliphatic carbocycles. The van der Waals surface area contributed by atoms with Gasteiger partial charge in [0.2, 0.25) is 0 Å². The minimum atomic E-state index is -0.101. The summed E-state index contributed by atoms with van der Waals surface area (Å²) < 4.78 is 5.18. The molecule has 1 heterocycles. The smallest absolute Gasteiger partial charge is 0.255 e. The van der Waals surface area contributed by atoms with Crippen LogP contribution in [-0.4, -0.2) is 32.1 Å². The van der Waals surface area contributed by atoms with Gasteiger partial charge in [0.1, 0.15) is 5.75 Å². The highest BCUT2D eigenvalue weighted by molar-refractivity contribution is 6.30. The van der Waals surface area contributed by atoms with Crippen LogP contribution in [0.15, 0.2) is 18.2 Å². The second kappa shape index (κ2) is 6.07. The van der Waals surface area contributed by atoms with Crippen LogP contribution >= 0.6 is 11.6 Å². The Morgan fingerprint density at radius 3 is 2.83 bits per heavy atom. The monoisotopic (exact) mass is 268 g/mol. The molecule has 0 saturated carbocycles. The van der Waals surface area contributed by atoms with E-state index in [0.717, 1.165) is 25.9 Å². The third-order valence-electron chi connectivity index (χ3n) is 3.08. The fourth-order valence-corrected chi connectivity index (χ4v) is 2.24. The Labute approximate surface area is 112 Å². The summed E-state index contributed by atoms with van der Waals surface area (Å²) in [6.45, 7) is 1.89. The molecule has 1 aromatic carbocycles. The van der Waals surface area contributed by atoms with Gasteiger partial charge in [0.25, 0.3) is 5.91 Å². The normalized spacial score (nSPS) is 16.3. The summed E-state index contributed by atoms with van der Waals surface area (Å²) in [6, 6.07) is 5.27. The molecule has 18 heavy (non-hydrogen) atoms. The molecule has 1 aromatic rings. The molecule has 0 spiro atoms. The maximum atomic E-state index is 12.1. The molecule has 1 aliphatic rings. The number of amides is 1. The Bertz CT molecular complexity index is 431. The minimum absolute atomic E-state index is 0.101. The molecule has 0 bridgehead atoms. The van der Waals surface area contributed by atoms with Crippen molar-refractivity contribution in [3.63, 3.8) is 0 Å². The van der Waals surface area contributed by atoms with Gasteiger partial charge >= 0.3 is 0 Å². The second-order valence-corrected chi connectivity index (χ2v) is 4.78. The molecule has 98 valence electrons. The van der Waals surface area contributed by atoms with Gasteiger partial charge in [-0.15, -0.1) is 0 Å². The quantitative estimate of drug-likeness (QED) is 0.879. The lowest BCUT2D eigenvalue weighted by Crippen LogP contribution is -2.42. The second-order valence-electron chi connectivity index (χ2n) is 4.34. The molecule has 0 radical (unpaired) electrons. The van der Waals surface area contributed by atoms with Crippen LogP contribution in [0.5, 0.6) is 5.75 Å². The highest BCUT2D eigenvalue weighted by Crippen LogP contribution is 2.23. The molecule has 0 atom stereocenters. The Morgan fingerprint density at radius 2 is 2.17 bits per heavy atom. The van der Waals surface area contributed by atoms with Crippen LogP contribution in [0.4, 0.5) is 0 Å². The van der Waals surface area contributed by atoms with Gasteiger partial charge in [-0.25, -0.2) is 0 Å². The van der Waals surface area contributed by atoms with E-state index in [9.17, 15) is 4.79 Å². The number of halogens is 1. The van der Waals surface area contributed by atoms with Crippen molar-refractivity contribution in [1.29, 1.82) is 0 Å². The predicted octanol–water partition coefficient (Wildman–Crippen LogP) is 1.83. The average Bonchev–Trinajstić information content (AvgIpc) is 2.39. The number of carbonyl (C=O) groups is 1.